The van der Waals surface area contributed by atoms with Gasteiger partial charge in [-0.1, -0.05) is 0 Å². The lowest BCUT2D eigenvalue weighted by atomic mass is 9.98. The lowest BCUT2D eigenvalue weighted by molar-refractivity contribution is -0.121. The van der Waals surface area contributed by atoms with Gasteiger partial charge in [0.05, 0.1) is 6.04 Å². The van der Waals surface area contributed by atoms with Crippen LogP contribution in [0.25, 0.3) is 0 Å². The molecule has 0 spiro atoms. The van der Waals surface area contributed by atoms with E-state index < -0.39 is 12.1 Å². The maximum absolute atomic E-state index is 11.4. The van der Waals surface area contributed by atoms with Crippen LogP contribution >= 0.6 is 0 Å². The first-order valence-electron chi connectivity index (χ1n) is 6.01. The Morgan fingerprint density at radius 3 is 2.82 bits per heavy atom. The molecule has 0 aliphatic carbocycles. The fourth-order valence-electron chi connectivity index (χ4n) is 2.11. The van der Waals surface area contributed by atoms with Gasteiger partial charge in [-0.2, -0.15) is 0 Å². The molecular formula is C11H22N4O2. The number of nitrogens with two attached hydrogens (primary N) is 1. The van der Waals surface area contributed by atoms with E-state index in [-0.39, 0.29) is 5.91 Å². The predicted octanol–water partition coefficient (Wildman–Crippen LogP) is -0.499. The maximum Gasteiger partial charge on any atom is 0.318 e. The van der Waals surface area contributed by atoms with Crippen molar-refractivity contribution < 1.29 is 9.59 Å². The first-order chi connectivity index (χ1) is 7.99. The SMILES string of the molecule is CC(NCC1CCCN(C)C1)C(=O)NC(N)=O. The van der Waals surface area contributed by atoms with Gasteiger partial charge in [0, 0.05) is 6.54 Å². The second-order valence-electron chi connectivity index (χ2n) is 4.75. The van der Waals surface area contributed by atoms with Crippen molar-refractivity contribution in [3.05, 3.63) is 0 Å². The lowest BCUT2D eigenvalue weighted by Gasteiger charge is -2.30. The second-order valence-corrected chi connectivity index (χ2v) is 4.75. The molecule has 0 aromatic carbocycles. The molecule has 1 heterocycles. The lowest BCUT2D eigenvalue weighted by Crippen LogP contribution is -2.48. The molecule has 1 fully saturated rings. The van der Waals surface area contributed by atoms with Crippen LogP contribution in [0, 0.1) is 5.92 Å². The molecule has 1 aliphatic heterocycles. The Labute approximate surface area is 102 Å². The van der Waals surface area contributed by atoms with Gasteiger partial charge in [-0.05, 0) is 45.8 Å². The molecule has 6 nitrogen and oxygen atoms in total. The predicted molar refractivity (Wildman–Crippen MR) is 65.4 cm³/mol. The van der Waals surface area contributed by atoms with E-state index in [2.05, 4.69) is 22.6 Å². The van der Waals surface area contributed by atoms with Gasteiger partial charge in [0.1, 0.15) is 0 Å². The van der Waals surface area contributed by atoms with E-state index in [4.69, 9.17) is 5.73 Å². The van der Waals surface area contributed by atoms with Crippen LogP contribution in [0.5, 0.6) is 0 Å². The number of urea groups is 1. The average Bonchev–Trinajstić information content (AvgIpc) is 2.25. The highest BCUT2D eigenvalue weighted by Gasteiger charge is 2.19. The van der Waals surface area contributed by atoms with E-state index in [1.54, 1.807) is 6.92 Å². The summed E-state index contributed by atoms with van der Waals surface area (Å²) < 4.78 is 0. The highest BCUT2D eigenvalue weighted by molar-refractivity contribution is 5.96. The molecule has 17 heavy (non-hydrogen) atoms. The first-order valence-corrected chi connectivity index (χ1v) is 6.01. The van der Waals surface area contributed by atoms with Crippen molar-refractivity contribution in [2.75, 3.05) is 26.7 Å². The van der Waals surface area contributed by atoms with Crippen LogP contribution in [-0.4, -0.2) is 49.6 Å². The zero-order chi connectivity index (χ0) is 12.8. The number of imide groups is 1. The number of carbonyl (C=O) groups is 2. The van der Waals surface area contributed by atoms with E-state index in [9.17, 15) is 9.59 Å². The summed E-state index contributed by atoms with van der Waals surface area (Å²) in [5.41, 5.74) is 4.88. The summed E-state index contributed by atoms with van der Waals surface area (Å²) >= 11 is 0. The number of nitrogens with zero attached hydrogens (tertiary/aromatic N) is 1. The monoisotopic (exact) mass is 242 g/mol. The molecule has 0 aromatic rings. The molecule has 1 aliphatic rings. The first kappa shape index (κ1) is 13.9. The fraction of sp³-hybridized carbons (Fsp3) is 0.818. The van der Waals surface area contributed by atoms with Crippen molar-refractivity contribution in [3.8, 4) is 0 Å². The molecule has 2 atom stereocenters. The van der Waals surface area contributed by atoms with Crippen LogP contribution < -0.4 is 16.4 Å². The van der Waals surface area contributed by atoms with Crippen molar-refractivity contribution >= 4 is 11.9 Å². The van der Waals surface area contributed by atoms with E-state index in [0.717, 1.165) is 19.6 Å². The van der Waals surface area contributed by atoms with Crippen LogP contribution in [-0.2, 0) is 4.79 Å². The minimum absolute atomic E-state index is 0.373. The number of carbonyl (C=O) groups excluding carboxylic acids is 2. The van der Waals surface area contributed by atoms with Crippen LogP contribution in [0.3, 0.4) is 0 Å². The molecule has 0 radical (unpaired) electrons. The summed E-state index contributed by atoms with van der Waals surface area (Å²) in [6.07, 6.45) is 2.38. The molecule has 98 valence electrons. The minimum Gasteiger partial charge on any atom is -0.351 e. The van der Waals surface area contributed by atoms with Crippen molar-refractivity contribution in [1.29, 1.82) is 0 Å². The summed E-state index contributed by atoms with van der Waals surface area (Å²) in [5, 5.41) is 5.20. The Morgan fingerprint density at radius 2 is 2.24 bits per heavy atom. The van der Waals surface area contributed by atoms with Gasteiger partial charge in [-0.15, -0.1) is 0 Å². The highest BCUT2D eigenvalue weighted by atomic mass is 16.2. The number of rotatable bonds is 4. The van der Waals surface area contributed by atoms with Crippen molar-refractivity contribution in [2.24, 2.45) is 11.7 Å². The Kier molecular flexibility index (Phi) is 5.37. The third-order valence-corrected chi connectivity index (χ3v) is 3.07. The molecule has 0 saturated carbocycles. The third-order valence-electron chi connectivity index (χ3n) is 3.07. The quantitative estimate of drug-likeness (QED) is 0.620. The Hall–Kier alpha value is -1.14. The zero-order valence-electron chi connectivity index (χ0n) is 10.5. The number of hydrogen-bond donors (Lipinski definition) is 3. The zero-order valence-corrected chi connectivity index (χ0v) is 10.5. The molecule has 4 N–H and O–H groups in total. The second kappa shape index (κ2) is 6.56. The smallest absolute Gasteiger partial charge is 0.318 e. The molecule has 1 rings (SSSR count). The number of amides is 3. The Balaban J connectivity index is 2.24. The largest absolute Gasteiger partial charge is 0.351 e. The van der Waals surface area contributed by atoms with Crippen molar-refractivity contribution in [2.45, 2.75) is 25.8 Å². The standard InChI is InChI=1S/C11H22N4O2/c1-8(10(16)14-11(12)17)13-6-9-4-3-5-15(2)7-9/h8-9,13H,3-7H2,1-2H3,(H3,12,14,16,17). The van der Waals surface area contributed by atoms with Gasteiger partial charge in [0.2, 0.25) is 5.91 Å². The number of piperidine rings is 1. The van der Waals surface area contributed by atoms with Gasteiger partial charge in [0.25, 0.3) is 0 Å². The van der Waals surface area contributed by atoms with Gasteiger partial charge in [-0.3, -0.25) is 10.1 Å². The summed E-state index contributed by atoms with van der Waals surface area (Å²) in [6, 6.07) is -1.20. The van der Waals surface area contributed by atoms with Gasteiger partial charge in [0.15, 0.2) is 0 Å². The Bertz CT molecular complexity index is 283. The highest BCUT2D eigenvalue weighted by Crippen LogP contribution is 2.13. The molecule has 6 heteroatoms. The van der Waals surface area contributed by atoms with Crippen molar-refractivity contribution in [1.82, 2.24) is 15.5 Å². The third kappa shape index (κ3) is 5.14. The Morgan fingerprint density at radius 1 is 1.53 bits per heavy atom. The average molecular weight is 242 g/mol. The molecule has 0 aromatic heterocycles. The minimum atomic E-state index is -0.805. The normalized spacial score (nSPS) is 23.1. The maximum atomic E-state index is 11.4. The van der Waals surface area contributed by atoms with Crippen LogP contribution in [0.4, 0.5) is 4.79 Å². The fourth-order valence-corrected chi connectivity index (χ4v) is 2.11. The number of primary amides is 1. The van der Waals surface area contributed by atoms with E-state index >= 15 is 0 Å². The van der Waals surface area contributed by atoms with E-state index in [1.165, 1.54) is 12.8 Å². The van der Waals surface area contributed by atoms with Crippen LogP contribution in [0.15, 0.2) is 0 Å². The van der Waals surface area contributed by atoms with E-state index in [1.807, 2.05) is 0 Å². The summed E-state index contributed by atoms with van der Waals surface area (Å²) in [7, 11) is 2.11. The molecular weight excluding hydrogens is 220 g/mol. The number of hydrogen-bond acceptors (Lipinski definition) is 4. The van der Waals surface area contributed by atoms with E-state index in [0.29, 0.717) is 5.92 Å². The molecule has 3 amide bonds. The molecule has 0 bridgehead atoms. The summed E-state index contributed by atoms with van der Waals surface area (Å²) in [6.45, 7) is 4.72. The topological polar surface area (TPSA) is 87.5 Å². The van der Waals surface area contributed by atoms with Crippen molar-refractivity contribution in [3.63, 3.8) is 0 Å². The number of nitrogens with one attached hydrogen (secondary N) is 2. The molecule has 2 unspecified atom stereocenters. The summed E-state index contributed by atoms with van der Waals surface area (Å²) in [5.74, 6) is 0.194. The molecule has 1 saturated heterocycles. The summed E-state index contributed by atoms with van der Waals surface area (Å²) in [4.78, 5) is 24.2. The van der Waals surface area contributed by atoms with Crippen LogP contribution in [0.2, 0.25) is 0 Å². The van der Waals surface area contributed by atoms with Gasteiger partial charge in [-0.25, -0.2) is 4.79 Å². The van der Waals surface area contributed by atoms with Gasteiger partial charge >= 0.3 is 6.03 Å². The van der Waals surface area contributed by atoms with Crippen LogP contribution in [0.1, 0.15) is 19.8 Å². The number of likely N-dealkylation sites (tertiary alicyclic amines) is 1. The van der Waals surface area contributed by atoms with Gasteiger partial charge < -0.3 is 16.0 Å².